The molecule has 0 aliphatic rings. The second-order valence-electron chi connectivity index (χ2n) is 5.27. The third-order valence-electron chi connectivity index (χ3n) is 3.76. The van der Waals surface area contributed by atoms with E-state index in [1.165, 1.54) is 11.0 Å². The zero-order valence-electron chi connectivity index (χ0n) is 12.3. The standard InChI is InChI=1S/C17H15N5O/c18-17-15-16(22(19)10-20-15)14-12(21-17)7-4-8-13(14)23-9-11-5-2-1-3-6-11/h1-8,10H,9,19H2,(H2,18,21). The van der Waals surface area contributed by atoms with Gasteiger partial charge in [0.2, 0.25) is 0 Å². The largest absolute Gasteiger partial charge is 0.488 e. The Morgan fingerprint density at radius 3 is 2.70 bits per heavy atom. The maximum absolute atomic E-state index is 6.00. The van der Waals surface area contributed by atoms with Gasteiger partial charge in [-0.1, -0.05) is 36.4 Å². The van der Waals surface area contributed by atoms with Gasteiger partial charge in [0.15, 0.2) is 5.82 Å². The molecule has 114 valence electrons. The maximum Gasteiger partial charge on any atom is 0.152 e. The van der Waals surface area contributed by atoms with E-state index in [1.807, 2.05) is 48.5 Å². The van der Waals surface area contributed by atoms with E-state index in [9.17, 15) is 0 Å². The van der Waals surface area contributed by atoms with Crippen LogP contribution < -0.4 is 16.3 Å². The second-order valence-corrected chi connectivity index (χ2v) is 5.27. The number of pyridine rings is 1. The number of imidazole rings is 1. The van der Waals surface area contributed by atoms with Crippen molar-refractivity contribution in [1.82, 2.24) is 14.6 Å². The third kappa shape index (κ3) is 2.20. The van der Waals surface area contributed by atoms with Gasteiger partial charge in [0.1, 0.15) is 29.7 Å². The Kier molecular flexibility index (Phi) is 3.01. The van der Waals surface area contributed by atoms with E-state index in [2.05, 4.69) is 9.97 Å². The monoisotopic (exact) mass is 305 g/mol. The van der Waals surface area contributed by atoms with E-state index in [1.54, 1.807) is 0 Å². The summed E-state index contributed by atoms with van der Waals surface area (Å²) in [4.78, 5) is 8.62. The van der Waals surface area contributed by atoms with Crippen molar-refractivity contribution in [3.05, 3.63) is 60.4 Å². The van der Waals surface area contributed by atoms with E-state index in [0.29, 0.717) is 23.7 Å². The SMILES string of the molecule is Nc1nc2cccc(OCc3ccccc3)c2c2c1ncn2N. The molecule has 6 nitrogen and oxygen atoms in total. The molecule has 0 saturated heterocycles. The molecule has 0 spiro atoms. The predicted molar refractivity (Wildman–Crippen MR) is 90.4 cm³/mol. The number of fused-ring (bicyclic) bond motifs is 3. The molecule has 6 heteroatoms. The van der Waals surface area contributed by atoms with Gasteiger partial charge in [-0.3, -0.25) is 0 Å². The number of anilines is 1. The zero-order chi connectivity index (χ0) is 15.8. The summed E-state index contributed by atoms with van der Waals surface area (Å²) in [5.74, 6) is 7.07. The van der Waals surface area contributed by atoms with Crippen molar-refractivity contribution in [3.8, 4) is 5.75 Å². The van der Waals surface area contributed by atoms with Crippen molar-refractivity contribution in [3.63, 3.8) is 0 Å². The number of rotatable bonds is 3. The van der Waals surface area contributed by atoms with Crippen LogP contribution in [-0.4, -0.2) is 14.6 Å². The van der Waals surface area contributed by atoms with E-state index in [0.717, 1.165) is 22.0 Å². The summed E-state index contributed by atoms with van der Waals surface area (Å²) in [6.07, 6.45) is 1.52. The van der Waals surface area contributed by atoms with Crippen LogP contribution in [0.2, 0.25) is 0 Å². The number of nitrogen functional groups attached to an aromatic ring is 2. The van der Waals surface area contributed by atoms with Crippen LogP contribution >= 0.6 is 0 Å². The minimum Gasteiger partial charge on any atom is -0.488 e. The first-order valence-corrected chi connectivity index (χ1v) is 7.21. The van der Waals surface area contributed by atoms with Gasteiger partial charge >= 0.3 is 0 Å². The lowest BCUT2D eigenvalue weighted by atomic mass is 10.1. The van der Waals surface area contributed by atoms with Crippen molar-refractivity contribution in [2.45, 2.75) is 6.61 Å². The normalized spacial score (nSPS) is 11.1. The highest BCUT2D eigenvalue weighted by atomic mass is 16.5. The number of benzene rings is 2. The van der Waals surface area contributed by atoms with Crippen molar-refractivity contribution >= 4 is 27.8 Å². The molecular formula is C17H15N5O. The zero-order valence-corrected chi connectivity index (χ0v) is 12.3. The molecule has 0 fully saturated rings. The summed E-state index contributed by atoms with van der Waals surface area (Å²) < 4.78 is 7.45. The lowest BCUT2D eigenvalue weighted by molar-refractivity contribution is 0.310. The van der Waals surface area contributed by atoms with Crippen LogP contribution in [0.15, 0.2) is 54.9 Å². The Hall–Kier alpha value is -3.28. The Labute approximate surface area is 132 Å². The van der Waals surface area contributed by atoms with Gasteiger partial charge in [-0.05, 0) is 17.7 Å². The smallest absolute Gasteiger partial charge is 0.152 e. The molecule has 2 aromatic carbocycles. The Morgan fingerprint density at radius 2 is 1.87 bits per heavy atom. The summed E-state index contributed by atoms with van der Waals surface area (Å²) in [6.45, 7) is 0.463. The Balaban J connectivity index is 1.86. The average Bonchev–Trinajstić information content (AvgIpc) is 2.96. The van der Waals surface area contributed by atoms with Gasteiger partial charge in [0.05, 0.1) is 10.9 Å². The number of nitrogens with zero attached hydrogens (tertiary/aromatic N) is 3. The first-order chi connectivity index (χ1) is 11.2. The fraction of sp³-hybridized carbons (Fsp3) is 0.0588. The molecule has 23 heavy (non-hydrogen) atoms. The highest BCUT2D eigenvalue weighted by Crippen LogP contribution is 2.33. The first-order valence-electron chi connectivity index (χ1n) is 7.21. The molecule has 0 radical (unpaired) electrons. The summed E-state index contributed by atoms with van der Waals surface area (Å²) in [7, 11) is 0. The van der Waals surface area contributed by atoms with Crippen molar-refractivity contribution in [2.24, 2.45) is 0 Å². The Morgan fingerprint density at radius 1 is 1.04 bits per heavy atom. The van der Waals surface area contributed by atoms with Crippen LogP contribution in [0.1, 0.15) is 5.56 Å². The molecule has 4 aromatic rings. The summed E-state index contributed by atoms with van der Waals surface area (Å²) in [5.41, 5.74) is 9.08. The molecular weight excluding hydrogens is 290 g/mol. The average molecular weight is 305 g/mol. The molecule has 2 heterocycles. The quantitative estimate of drug-likeness (QED) is 0.567. The number of nitrogens with two attached hydrogens (primary N) is 2. The van der Waals surface area contributed by atoms with Crippen LogP contribution in [0.5, 0.6) is 5.75 Å². The van der Waals surface area contributed by atoms with E-state index < -0.39 is 0 Å². The first kappa shape index (κ1) is 13.4. The highest BCUT2D eigenvalue weighted by Gasteiger charge is 2.15. The van der Waals surface area contributed by atoms with Gasteiger partial charge in [0, 0.05) is 0 Å². The molecule has 0 saturated carbocycles. The van der Waals surface area contributed by atoms with Gasteiger partial charge in [-0.25, -0.2) is 14.6 Å². The minimum absolute atomic E-state index is 0.358. The molecule has 0 aliphatic heterocycles. The van der Waals surface area contributed by atoms with Crippen LogP contribution in [0.4, 0.5) is 5.82 Å². The molecule has 4 rings (SSSR count). The molecule has 4 N–H and O–H groups in total. The summed E-state index contributed by atoms with van der Waals surface area (Å²) in [5, 5.41) is 0.813. The lowest BCUT2D eigenvalue weighted by Gasteiger charge is -2.11. The molecule has 0 atom stereocenters. The Bertz CT molecular complexity index is 994. The fourth-order valence-electron chi connectivity index (χ4n) is 2.69. The van der Waals surface area contributed by atoms with E-state index in [4.69, 9.17) is 16.3 Å². The fourth-order valence-corrected chi connectivity index (χ4v) is 2.69. The van der Waals surface area contributed by atoms with E-state index >= 15 is 0 Å². The number of aromatic nitrogens is 3. The molecule has 0 aliphatic carbocycles. The molecule has 2 aromatic heterocycles. The van der Waals surface area contributed by atoms with Gasteiger partial charge in [0.25, 0.3) is 0 Å². The van der Waals surface area contributed by atoms with Crippen LogP contribution in [-0.2, 0) is 6.61 Å². The van der Waals surface area contributed by atoms with Crippen molar-refractivity contribution < 1.29 is 4.74 Å². The van der Waals surface area contributed by atoms with Gasteiger partial charge in [-0.15, -0.1) is 0 Å². The van der Waals surface area contributed by atoms with E-state index in [-0.39, 0.29) is 0 Å². The molecule has 0 amide bonds. The van der Waals surface area contributed by atoms with Crippen LogP contribution in [0.25, 0.3) is 21.9 Å². The highest BCUT2D eigenvalue weighted by molar-refractivity contribution is 6.09. The second kappa shape index (κ2) is 5.17. The van der Waals surface area contributed by atoms with Crippen LogP contribution in [0, 0.1) is 0 Å². The number of ether oxygens (including phenoxy) is 1. The topological polar surface area (TPSA) is 92.0 Å². The molecule has 0 bridgehead atoms. The van der Waals surface area contributed by atoms with Crippen LogP contribution in [0.3, 0.4) is 0 Å². The maximum atomic E-state index is 6.00. The summed E-state index contributed by atoms with van der Waals surface area (Å²) in [6, 6.07) is 15.6. The molecule has 0 unspecified atom stereocenters. The van der Waals surface area contributed by atoms with Crippen molar-refractivity contribution in [2.75, 3.05) is 11.6 Å². The lowest BCUT2D eigenvalue weighted by Crippen LogP contribution is -2.07. The van der Waals surface area contributed by atoms with Gasteiger partial charge in [-0.2, -0.15) is 0 Å². The third-order valence-corrected chi connectivity index (χ3v) is 3.76. The minimum atomic E-state index is 0.358. The van der Waals surface area contributed by atoms with Crippen molar-refractivity contribution in [1.29, 1.82) is 0 Å². The summed E-state index contributed by atoms with van der Waals surface area (Å²) >= 11 is 0. The number of hydrogen-bond donors (Lipinski definition) is 2. The van der Waals surface area contributed by atoms with Gasteiger partial charge < -0.3 is 16.3 Å². The predicted octanol–water partition coefficient (Wildman–Crippen LogP) is 2.46. The number of hydrogen-bond acceptors (Lipinski definition) is 5.